The summed E-state index contributed by atoms with van der Waals surface area (Å²) >= 11 is 0. The van der Waals surface area contributed by atoms with Gasteiger partial charge in [-0.3, -0.25) is 0 Å². The summed E-state index contributed by atoms with van der Waals surface area (Å²) in [7, 11) is 0.187. The molecule has 0 atom stereocenters. The van der Waals surface area contributed by atoms with E-state index in [1.807, 2.05) is 0 Å². The molecule has 16 heavy (non-hydrogen) atoms. The lowest BCUT2D eigenvalue weighted by Crippen LogP contribution is -2.34. The van der Waals surface area contributed by atoms with Gasteiger partial charge < -0.3 is 24.3 Å². The smallest absolute Gasteiger partial charge is 0.531 e. The normalized spacial score (nSPS) is 13.5. The number of carbonyl (C=O) groups is 1. The van der Waals surface area contributed by atoms with Crippen LogP contribution in [0.3, 0.4) is 0 Å². The van der Waals surface area contributed by atoms with Gasteiger partial charge >= 0.3 is 13.1 Å². The average Bonchev–Trinajstić information content (AvgIpc) is 2.26. The summed E-state index contributed by atoms with van der Waals surface area (Å²) in [5.41, 5.74) is -0.154. The van der Waals surface area contributed by atoms with Crippen LogP contribution in [0, 0.1) is 0 Å². The quantitative estimate of drug-likeness (QED) is 0.697. The standard InChI is InChI=1S/C9H9BO6/c1-14-5-2-3-6-8(7(5)9(11)12)16-10(13)4-15-6/h2-3,13H,4H2,1H3,(H,11,12). The highest BCUT2D eigenvalue weighted by Gasteiger charge is 2.31. The minimum atomic E-state index is -1.20. The van der Waals surface area contributed by atoms with Crippen molar-refractivity contribution in [2.75, 3.05) is 13.6 Å². The molecule has 0 saturated carbocycles. The molecule has 84 valence electrons. The Kier molecular flexibility index (Phi) is 2.61. The van der Waals surface area contributed by atoms with Crippen molar-refractivity contribution >= 4 is 13.1 Å². The van der Waals surface area contributed by atoms with Gasteiger partial charge in [0.25, 0.3) is 0 Å². The van der Waals surface area contributed by atoms with Crippen LogP contribution < -0.4 is 14.1 Å². The molecule has 7 heteroatoms. The minimum Gasteiger partial charge on any atom is -0.531 e. The molecule has 1 aromatic rings. The fraction of sp³-hybridized carbons (Fsp3) is 0.222. The van der Waals surface area contributed by atoms with E-state index in [-0.39, 0.29) is 29.3 Å². The van der Waals surface area contributed by atoms with Crippen molar-refractivity contribution < 1.29 is 29.1 Å². The summed E-state index contributed by atoms with van der Waals surface area (Å²) in [4.78, 5) is 11.1. The Labute approximate surface area is 91.5 Å². The molecule has 0 amide bonds. The number of aromatic carboxylic acids is 1. The first-order valence-corrected chi connectivity index (χ1v) is 4.55. The van der Waals surface area contributed by atoms with Crippen molar-refractivity contribution in [1.29, 1.82) is 0 Å². The highest BCUT2D eigenvalue weighted by atomic mass is 16.6. The van der Waals surface area contributed by atoms with Crippen LogP contribution in [0.1, 0.15) is 10.4 Å². The highest BCUT2D eigenvalue weighted by molar-refractivity contribution is 6.44. The van der Waals surface area contributed by atoms with Crippen molar-refractivity contribution in [2.45, 2.75) is 0 Å². The van der Waals surface area contributed by atoms with Crippen LogP contribution in [-0.4, -0.2) is 36.8 Å². The number of carboxylic acid groups (broad SMARTS) is 1. The number of rotatable bonds is 2. The predicted molar refractivity (Wildman–Crippen MR) is 54.0 cm³/mol. The molecule has 0 spiro atoms. The summed E-state index contributed by atoms with van der Waals surface area (Å²) in [5, 5.41) is 18.3. The zero-order valence-electron chi connectivity index (χ0n) is 8.47. The average molecular weight is 224 g/mol. The third-order valence-electron chi connectivity index (χ3n) is 2.15. The van der Waals surface area contributed by atoms with Gasteiger partial charge in [0.2, 0.25) is 0 Å². The SMILES string of the molecule is COc1ccc2c(c1C(=O)O)OB(O)CO2. The lowest BCUT2D eigenvalue weighted by Gasteiger charge is -2.22. The summed E-state index contributed by atoms with van der Waals surface area (Å²) in [6.07, 6.45) is 0. The maximum absolute atomic E-state index is 11.1. The van der Waals surface area contributed by atoms with E-state index in [1.165, 1.54) is 19.2 Å². The summed E-state index contributed by atoms with van der Waals surface area (Å²) < 4.78 is 15.1. The molecule has 6 nitrogen and oxygen atoms in total. The lowest BCUT2D eigenvalue weighted by atomic mass is 9.91. The number of hydrogen-bond acceptors (Lipinski definition) is 5. The second-order valence-electron chi connectivity index (χ2n) is 3.16. The van der Waals surface area contributed by atoms with Crippen molar-refractivity contribution in [3.63, 3.8) is 0 Å². The van der Waals surface area contributed by atoms with E-state index >= 15 is 0 Å². The van der Waals surface area contributed by atoms with E-state index < -0.39 is 13.1 Å². The van der Waals surface area contributed by atoms with Crippen LogP contribution in [-0.2, 0) is 0 Å². The topological polar surface area (TPSA) is 85.2 Å². The molecule has 1 aliphatic rings. The molecular formula is C9H9BO6. The first-order valence-electron chi connectivity index (χ1n) is 4.55. The first kappa shape index (κ1) is 10.6. The Morgan fingerprint density at radius 3 is 2.94 bits per heavy atom. The van der Waals surface area contributed by atoms with E-state index in [0.29, 0.717) is 0 Å². The third-order valence-corrected chi connectivity index (χ3v) is 2.15. The molecule has 0 aromatic heterocycles. The number of methoxy groups -OCH3 is 1. The summed E-state index contributed by atoms with van der Waals surface area (Å²) in [6, 6.07) is 3.01. The Balaban J connectivity index is 2.57. The van der Waals surface area contributed by atoms with Crippen LogP contribution in [0.2, 0.25) is 0 Å². The number of fused-ring (bicyclic) bond motifs is 1. The molecule has 2 N–H and O–H groups in total. The molecule has 0 saturated heterocycles. The van der Waals surface area contributed by atoms with Gasteiger partial charge in [0.15, 0.2) is 11.5 Å². The number of hydrogen-bond donors (Lipinski definition) is 2. The maximum Gasteiger partial charge on any atom is 0.563 e. The minimum absolute atomic E-state index is 0.00870. The predicted octanol–water partition coefficient (Wildman–Crippen LogP) is 0.184. The molecule has 1 aromatic carbocycles. The van der Waals surface area contributed by atoms with Gasteiger partial charge in [0, 0.05) is 0 Å². The Morgan fingerprint density at radius 1 is 1.56 bits per heavy atom. The van der Waals surface area contributed by atoms with Gasteiger partial charge in [-0.05, 0) is 12.1 Å². The fourth-order valence-corrected chi connectivity index (χ4v) is 1.48. The summed E-state index contributed by atoms with van der Waals surface area (Å²) in [5.74, 6) is -0.774. The summed E-state index contributed by atoms with van der Waals surface area (Å²) in [6.45, 7) is -0.0294. The van der Waals surface area contributed by atoms with Gasteiger partial charge in [-0.1, -0.05) is 0 Å². The van der Waals surface area contributed by atoms with E-state index in [4.69, 9.17) is 19.2 Å². The zero-order chi connectivity index (χ0) is 11.7. The lowest BCUT2D eigenvalue weighted by molar-refractivity contribution is 0.0689. The van der Waals surface area contributed by atoms with Crippen molar-refractivity contribution in [3.05, 3.63) is 17.7 Å². The van der Waals surface area contributed by atoms with Crippen LogP contribution in [0.15, 0.2) is 12.1 Å². The number of carboxylic acids is 1. The third kappa shape index (κ3) is 1.65. The van der Waals surface area contributed by atoms with E-state index in [2.05, 4.69) is 0 Å². The van der Waals surface area contributed by atoms with Crippen molar-refractivity contribution in [3.8, 4) is 17.2 Å². The van der Waals surface area contributed by atoms with Gasteiger partial charge in [0.05, 0.1) is 7.11 Å². The van der Waals surface area contributed by atoms with Gasteiger partial charge in [-0.25, -0.2) is 4.79 Å². The largest absolute Gasteiger partial charge is 0.563 e. The highest BCUT2D eigenvalue weighted by Crippen LogP contribution is 2.39. The number of ether oxygens (including phenoxy) is 2. The van der Waals surface area contributed by atoms with Gasteiger partial charge in [-0.2, -0.15) is 0 Å². The van der Waals surface area contributed by atoms with Crippen molar-refractivity contribution in [1.82, 2.24) is 0 Å². The first-order chi connectivity index (χ1) is 7.63. The van der Waals surface area contributed by atoms with Crippen LogP contribution in [0.25, 0.3) is 0 Å². The molecule has 1 aliphatic heterocycles. The Hall–Kier alpha value is -1.89. The number of benzene rings is 1. The Bertz CT molecular complexity index is 432. The molecular weight excluding hydrogens is 215 g/mol. The monoisotopic (exact) mass is 224 g/mol. The van der Waals surface area contributed by atoms with Crippen LogP contribution in [0.5, 0.6) is 17.2 Å². The Morgan fingerprint density at radius 2 is 2.31 bits per heavy atom. The molecule has 0 radical (unpaired) electrons. The van der Waals surface area contributed by atoms with E-state index in [0.717, 1.165) is 0 Å². The molecule has 0 unspecified atom stereocenters. The molecule has 1 heterocycles. The zero-order valence-corrected chi connectivity index (χ0v) is 8.47. The van der Waals surface area contributed by atoms with Crippen LogP contribution >= 0.6 is 0 Å². The molecule has 0 bridgehead atoms. The fourth-order valence-electron chi connectivity index (χ4n) is 1.48. The van der Waals surface area contributed by atoms with Gasteiger partial charge in [0.1, 0.15) is 17.8 Å². The maximum atomic E-state index is 11.1. The molecule has 2 rings (SSSR count). The molecule has 0 aliphatic carbocycles. The molecule has 0 fully saturated rings. The van der Waals surface area contributed by atoms with Crippen LogP contribution in [0.4, 0.5) is 0 Å². The van der Waals surface area contributed by atoms with Crippen molar-refractivity contribution in [2.24, 2.45) is 0 Å². The van der Waals surface area contributed by atoms with E-state index in [9.17, 15) is 9.82 Å². The van der Waals surface area contributed by atoms with E-state index in [1.54, 1.807) is 0 Å². The second-order valence-corrected chi connectivity index (χ2v) is 3.16. The van der Waals surface area contributed by atoms with Gasteiger partial charge in [-0.15, -0.1) is 0 Å². The second kappa shape index (κ2) is 3.94.